The van der Waals surface area contributed by atoms with Crippen LogP contribution in [0, 0.1) is 6.92 Å². The summed E-state index contributed by atoms with van der Waals surface area (Å²) in [5.41, 5.74) is 4.90. The van der Waals surface area contributed by atoms with Crippen LogP contribution in [0.1, 0.15) is 30.0 Å². The number of nitrogens with two attached hydrogens (primary N) is 1. The van der Waals surface area contributed by atoms with Crippen molar-refractivity contribution in [1.82, 2.24) is 10.2 Å². The Kier molecular flexibility index (Phi) is 5.98. The molecule has 3 amide bonds. The van der Waals surface area contributed by atoms with Gasteiger partial charge in [-0.2, -0.15) is 0 Å². The number of hydrogen-bond acceptors (Lipinski definition) is 4. The van der Waals surface area contributed by atoms with Crippen molar-refractivity contribution in [1.29, 1.82) is 0 Å². The zero-order chi connectivity index (χ0) is 14.4. The highest BCUT2D eigenvalue weighted by molar-refractivity contribution is 7.11. The number of hydrogen-bond donors (Lipinski definition) is 2. The Morgan fingerprint density at radius 3 is 2.58 bits per heavy atom. The topological polar surface area (TPSA) is 75.4 Å². The van der Waals surface area contributed by atoms with E-state index in [0.29, 0.717) is 12.6 Å². The summed E-state index contributed by atoms with van der Waals surface area (Å²) in [5, 5.41) is 2.08. The van der Waals surface area contributed by atoms with E-state index in [2.05, 4.69) is 43.1 Å². The average molecular weight is 283 g/mol. The molecule has 5 nitrogen and oxygen atoms in total. The summed E-state index contributed by atoms with van der Waals surface area (Å²) in [6.45, 7) is 7.68. The highest BCUT2D eigenvalue weighted by atomic mass is 32.1. The Bertz CT molecular complexity index is 443. The van der Waals surface area contributed by atoms with Gasteiger partial charge >= 0.3 is 6.03 Å². The summed E-state index contributed by atoms with van der Waals surface area (Å²) in [6, 6.07) is 3.75. The lowest BCUT2D eigenvalue weighted by molar-refractivity contribution is -0.120. The molecule has 0 saturated heterocycles. The predicted octanol–water partition coefficient (Wildman–Crippen LogP) is 1.85. The van der Waals surface area contributed by atoms with Gasteiger partial charge in [-0.3, -0.25) is 15.0 Å². The summed E-state index contributed by atoms with van der Waals surface area (Å²) in [4.78, 5) is 26.7. The molecule has 1 rings (SSSR count). The normalized spacial score (nSPS) is 11.0. The second-order valence-electron chi connectivity index (χ2n) is 4.74. The Morgan fingerprint density at radius 1 is 1.42 bits per heavy atom. The van der Waals surface area contributed by atoms with Gasteiger partial charge in [0.2, 0.25) is 5.91 Å². The zero-order valence-electron chi connectivity index (χ0n) is 11.6. The number of nitrogens with zero attached hydrogens (tertiary/aromatic N) is 1. The molecule has 0 unspecified atom stereocenters. The minimum absolute atomic E-state index is 0.269. The molecule has 0 atom stereocenters. The number of amides is 3. The lowest BCUT2D eigenvalue weighted by Crippen LogP contribution is -2.38. The van der Waals surface area contributed by atoms with E-state index >= 15 is 0 Å². The number of carbonyl (C=O) groups excluding carboxylic acids is 2. The van der Waals surface area contributed by atoms with Gasteiger partial charge in [-0.1, -0.05) is 0 Å². The van der Waals surface area contributed by atoms with E-state index in [1.807, 2.05) is 0 Å². The average Bonchev–Trinajstić information content (AvgIpc) is 2.68. The molecule has 0 aliphatic heterocycles. The number of imide groups is 1. The molecule has 0 saturated carbocycles. The Labute approximate surface area is 117 Å². The number of primary amides is 1. The van der Waals surface area contributed by atoms with Gasteiger partial charge in [-0.25, -0.2) is 4.79 Å². The summed E-state index contributed by atoms with van der Waals surface area (Å²) in [6.07, 6.45) is 0.269. The Hall–Kier alpha value is -1.40. The summed E-state index contributed by atoms with van der Waals surface area (Å²) < 4.78 is 0. The molecule has 6 heteroatoms. The van der Waals surface area contributed by atoms with Crippen LogP contribution in [0.5, 0.6) is 0 Å². The molecule has 0 aromatic carbocycles. The van der Waals surface area contributed by atoms with Crippen LogP contribution in [0.2, 0.25) is 0 Å². The number of rotatable bonds is 6. The van der Waals surface area contributed by atoms with Crippen LogP contribution in [-0.4, -0.2) is 29.4 Å². The van der Waals surface area contributed by atoms with Crippen molar-refractivity contribution in [2.75, 3.05) is 6.54 Å². The van der Waals surface area contributed by atoms with Crippen LogP contribution in [0.4, 0.5) is 4.79 Å². The SMILES string of the molecule is Cc1ccc(CN(CCC(=O)NC(N)=O)C(C)C)s1. The monoisotopic (exact) mass is 283 g/mol. The lowest BCUT2D eigenvalue weighted by atomic mass is 10.2. The molecular weight excluding hydrogens is 262 g/mol. The molecule has 1 aromatic heterocycles. The van der Waals surface area contributed by atoms with Crippen molar-refractivity contribution in [2.24, 2.45) is 5.73 Å². The number of urea groups is 1. The van der Waals surface area contributed by atoms with Gasteiger partial charge in [0, 0.05) is 35.3 Å². The van der Waals surface area contributed by atoms with E-state index in [-0.39, 0.29) is 12.3 Å². The van der Waals surface area contributed by atoms with Crippen LogP contribution in [0.3, 0.4) is 0 Å². The second-order valence-corrected chi connectivity index (χ2v) is 6.11. The number of thiophene rings is 1. The van der Waals surface area contributed by atoms with Crippen LogP contribution in [0.25, 0.3) is 0 Å². The third-order valence-corrected chi connectivity index (χ3v) is 3.76. The molecule has 106 valence electrons. The Morgan fingerprint density at radius 2 is 2.11 bits per heavy atom. The fraction of sp³-hybridized carbons (Fsp3) is 0.538. The third kappa shape index (κ3) is 5.85. The molecule has 0 fully saturated rings. The van der Waals surface area contributed by atoms with Crippen molar-refractivity contribution in [3.8, 4) is 0 Å². The van der Waals surface area contributed by atoms with Crippen LogP contribution >= 0.6 is 11.3 Å². The molecular formula is C13H21N3O2S. The Balaban J connectivity index is 2.49. The maximum absolute atomic E-state index is 11.4. The van der Waals surface area contributed by atoms with E-state index in [1.54, 1.807) is 11.3 Å². The van der Waals surface area contributed by atoms with Crippen molar-refractivity contribution >= 4 is 23.3 Å². The van der Waals surface area contributed by atoms with Crippen molar-refractivity contribution in [3.05, 3.63) is 21.9 Å². The third-order valence-electron chi connectivity index (χ3n) is 2.77. The summed E-state index contributed by atoms with van der Waals surface area (Å²) in [7, 11) is 0. The highest BCUT2D eigenvalue weighted by Gasteiger charge is 2.13. The maximum atomic E-state index is 11.4. The fourth-order valence-electron chi connectivity index (χ4n) is 1.74. The largest absolute Gasteiger partial charge is 0.351 e. The first-order chi connectivity index (χ1) is 8.88. The molecule has 3 N–H and O–H groups in total. The molecule has 0 aliphatic rings. The smallest absolute Gasteiger partial charge is 0.318 e. The maximum Gasteiger partial charge on any atom is 0.318 e. The lowest BCUT2D eigenvalue weighted by Gasteiger charge is -2.25. The van der Waals surface area contributed by atoms with Gasteiger partial charge in [0.1, 0.15) is 0 Å². The molecule has 1 aromatic rings. The van der Waals surface area contributed by atoms with Gasteiger partial charge < -0.3 is 5.73 Å². The molecule has 0 spiro atoms. The molecule has 0 bridgehead atoms. The van der Waals surface area contributed by atoms with Gasteiger partial charge in [0.25, 0.3) is 0 Å². The fourth-order valence-corrected chi connectivity index (χ4v) is 2.65. The minimum atomic E-state index is -0.796. The van der Waals surface area contributed by atoms with Gasteiger partial charge in [-0.05, 0) is 32.9 Å². The number of carbonyl (C=O) groups is 2. The first-order valence-electron chi connectivity index (χ1n) is 6.27. The van der Waals surface area contributed by atoms with Crippen molar-refractivity contribution in [3.63, 3.8) is 0 Å². The van der Waals surface area contributed by atoms with E-state index in [9.17, 15) is 9.59 Å². The van der Waals surface area contributed by atoms with Crippen LogP contribution in [0.15, 0.2) is 12.1 Å². The predicted molar refractivity (Wildman–Crippen MR) is 76.9 cm³/mol. The van der Waals surface area contributed by atoms with Crippen molar-refractivity contribution in [2.45, 2.75) is 39.8 Å². The number of aryl methyl sites for hydroxylation is 1. The summed E-state index contributed by atoms with van der Waals surface area (Å²) >= 11 is 1.76. The van der Waals surface area contributed by atoms with Gasteiger partial charge in [0.05, 0.1) is 0 Å². The first kappa shape index (κ1) is 15.7. The summed E-state index contributed by atoms with van der Waals surface area (Å²) in [5.74, 6) is -0.333. The molecule has 0 aliphatic carbocycles. The van der Waals surface area contributed by atoms with E-state index in [0.717, 1.165) is 6.54 Å². The number of nitrogens with one attached hydrogen (secondary N) is 1. The quantitative estimate of drug-likeness (QED) is 0.836. The molecule has 1 heterocycles. The van der Waals surface area contributed by atoms with Gasteiger partial charge in [-0.15, -0.1) is 11.3 Å². The molecule has 19 heavy (non-hydrogen) atoms. The van der Waals surface area contributed by atoms with Crippen LogP contribution in [-0.2, 0) is 11.3 Å². The minimum Gasteiger partial charge on any atom is -0.351 e. The zero-order valence-corrected chi connectivity index (χ0v) is 12.4. The van der Waals surface area contributed by atoms with Crippen LogP contribution < -0.4 is 11.1 Å². The van der Waals surface area contributed by atoms with E-state index in [1.165, 1.54) is 9.75 Å². The van der Waals surface area contributed by atoms with Crippen molar-refractivity contribution < 1.29 is 9.59 Å². The first-order valence-corrected chi connectivity index (χ1v) is 7.08. The highest BCUT2D eigenvalue weighted by Crippen LogP contribution is 2.18. The molecule has 0 radical (unpaired) electrons. The van der Waals surface area contributed by atoms with E-state index in [4.69, 9.17) is 5.73 Å². The van der Waals surface area contributed by atoms with E-state index < -0.39 is 6.03 Å². The standard InChI is InChI=1S/C13H21N3O2S/c1-9(2)16(7-6-12(17)15-13(14)18)8-11-5-4-10(3)19-11/h4-5,9H,6-8H2,1-3H3,(H3,14,15,17,18). The second kappa shape index (κ2) is 7.25. The van der Waals surface area contributed by atoms with Gasteiger partial charge in [0.15, 0.2) is 0 Å².